The summed E-state index contributed by atoms with van der Waals surface area (Å²) >= 11 is 0.500. The van der Waals surface area contributed by atoms with Crippen LogP contribution in [0.1, 0.15) is 0 Å². The van der Waals surface area contributed by atoms with E-state index in [1.165, 1.54) is 0 Å². The van der Waals surface area contributed by atoms with E-state index in [0.29, 0.717) is 23.0 Å². The van der Waals surface area contributed by atoms with Crippen LogP contribution < -0.4 is 0 Å². The van der Waals surface area contributed by atoms with Gasteiger partial charge in [0.05, 0.1) is 0 Å². The van der Waals surface area contributed by atoms with Crippen molar-refractivity contribution in [3.05, 3.63) is 0 Å². The predicted octanol–water partition coefficient (Wildman–Crippen LogP) is -0.883. The van der Waals surface area contributed by atoms with Gasteiger partial charge in [0, 0.05) is 27.9 Å². The molecule has 0 amide bonds. The molecule has 4 radical (unpaired) electrons. The van der Waals surface area contributed by atoms with E-state index >= 15 is 0 Å². The minimum absolute atomic E-state index is 0. The van der Waals surface area contributed by atoms with E-state index in [4.69, 9.17) is 3.02 Å². The third-order valence-corrected chi connectivity index (χ3v) is 0. The van der Waals surface area contributed by atoms with E-state index in [9.17, 15) is 0 Å². The molecule has 0 aliphatic carbocycles. The first-order chi connectivity index (χ1) is 1.00. The third kappa shape index (κ3) is 10.3. The van der Waals surface area contributed by atoms with E-state index in [1.54, 1.807) is 0 Å². The molecule has 0 N–H and O–H groups in total. The van der Waals surface area contributed by atoms with Crippen molar-refractivity contribution in [1.29, 1.82) is 0 Å². The van der Waals surface area contributed by atoms with E-state index in [-0.39, 0.29) is 27.9 Å². The first-order valence-corrected chi connectivity index (χ1v) is 1.22. The molecule has 0 bridgehead atoms. The number of hydrogen-bond donors (Lipinski definition) is 0. The number of rotatable bonds is 0. The molecule has 0 rings (SSSR count). The van der Waals surface area contributed by atoms with Gasteiger partial charge in [0.25, 0.3) is 0 Å². The van der Waals surface area contributed by atoms with Gasteiger partial charge < -0.3 is 0 Å². The van der Waals surface area contributed by atoms with Crippen molar-refractivity contribution >= 4 is 31.4 Å². The van der Waals surface area contributed by atoms with Gasteiger partial charge in [0.2, 0.25) is 0 Å². The molecule has 0 aromatic carbocycles. The average Bonchev–Trinajstić information content (AvgIpc) is 1.00. The molecule has 16 valence electrons. The summed E-state index contributed by atoms with van der Waals surface area (Å²) in [6.07, 6.45) is 0. The van der Waals surface area contributed by atoms with Gasteiger partial charge in [-0.1, -0.05) is 0 Å². The van der Waals surface area contributed by atoms with Crippen molar-refractivity contribution in [1.82, 2.24) is 0 Å². The van der Waals surface area contributed by atoms with Gasteiger partial charge in [-0.25, -0.2) is 0 Å². The zero-order chi connectivity index (χ0) is 2.00. The van der Waals surface area contributed by atoms with E-state index in [2.05, 4.69) is 0 Å². The molecule has 4 heavy (non-hydrogen) atoms. The summed E-state index contributed by atoms with van der Waals surface area (Å²) in [6.45, 7) is 0. The van der Waals surface area contributed by atoms with E-state index in [1.807, 2.05) is 0 Å². The topological polar surface area (TPSA) is 17.1 Å². The molecule has 0 fully saturated rings. The fourth-order valence-corrected chi connectivity index (χ4v) is 0. The summed E-state index contributed by atoms with van der Waals surface area (Å²) in [5.41, 5.74) is 0. The number of hydrogen-bond acceptors (Lipinski definition) is 1. The second kappa shape index (κ2) is 27.6. The van der Waals surface area contributed by atoms with E-state index < -0.39 is 0 Å². The van der Waals surface area contributed by atoms with Gasteiger partial charge in [0.15, 0.2) is 0 Å². The molecule has 0 heterocycles. The maximum Gasteiger partial charge on any atom is 0 e. The Balaban J connectivity index is -0.00000000500. The van der Waals surface area contributed by atoms with Gasteiger partial charge >= 0.3 is 26.0 Å². The van der Waals surface area contributed by atoms with Crippen LogP contribution in [0.2, 0.25) is 0 Å². The molecule has 0 spiro atoms. The smallest absolute Gasteiger partial charge is 0 e. The first kappa shape index (κ1) is 18.5. The summed E-state index contributed by atoms with van der Waals surface area (Å²) in [5, 5.41) is 0. The molecule has 1 nitrogen and oxygen atoms in total. The summed E-state index contributed by atoms with van der Waals surface area (Å²) in [7, 11) is 0. The van der Waals surface area contributed by atoms with Gasteiger partial charge in [-0.15, -0.1) is 0 Å². The molecule has 0 aliphatic rings. The van der Waals surface area contributed by atoms with Crippen LogP contribution in [-0.2, 0) is 22.5 Å². The molecule has 0 aromatic heterocycles. The standard InChI is InChI=1S/B.O.Sb.Zn. The Morgan fingerprint density at radius 2 is 1.25 bits per heavy atom. The predicted molar refractivity (Wildman–Crippen MR) is 12.2 cm³/mol. The molecule has 0 unspecified atom stereocenters. The van der Waals surface area contributed by atoms with Crippen LogP contribution in [0, 0.1) is 0 Å². The van der Waals surface area contributed by atoms with Crippen LogP contribution in [0.4, 0.5) is 0 Å². The minimum Gasteiger partial charge on any atom is 0 e. The second-order valence-electron chi connectivity index (χ2n) is 0. The monoisotopic (exact) mass is 212 g/mol. The van der Waals surface area contributed by atoms with Crippen LogP contribution in [-0.4, -0.2) is 31.4 Å². The summed E-state index contributed by atoms with van der Waals surface area (Å²) in [6, 6.07) is 0. The quantitative estimate of drug-likeness (QED) is 0.478. The Morgan fingerprint density at radius 1 is 1.25 bits per heavy atom. The maximum atomic E-state index is 8.30. The molecule has 4 heteroatoms. The van der Waals surface area contributed by atoms with Gasteiger partial charge in [0.1, 0.15) is 0 Å². The fraction of sp³-hybridized carbons (Fsp3) is 0. The minimum atomic E-state index is 0. The maximum absolute atomic E-state index is 8.30. The van der Waals surface area contributed by atoms with Crippen LogP contribution in [0.3, 0.4) is 0 Å². The molecule has 0 saturated carbocycles. The Kier molecular flexibility index (Phi) is 128. The summed E-state index contributed by atoms with van der Waals surface area (Å²) < 4.78 is 8.30. The van der Waals surface area contributed by atoms with Gasteiger partial charge in [-0.2, -0.15) is 0 Å². The zero-order valence-corrected chi connectivity index (χ0v) is 7.66. The fourth-order valence-electron chi connectivity index (χ4n) is 0. The zero-order valence-electron chi connectivity index (χ0n) is 2.14. The Labute approximate surface area is 53.8 Å². The first-order valence-electron chi connectivity index (χ1n) is 0.183. The molecular weight excluding hydrogens is 214 g/mol. The van der Waals surface area contributed by atoms with Gasteiger partial charge in [-0.3, -0.25) is 0 Å². The normalized spacial score (nSPS) is 1.00. The van der Waals surface area contributed by atoms with Crippen molar-refractivity contribution in [3.63, 3.8) is 0 Å². The third-order valence-electron chi connectivity index (χ3n) is 0. The van der Waals surface area contributed by atoms with Crippen LogP contribution >= 0.6 is 0 Å². The van der Waals surface area contributed by atoms with E-state index in [0.717, 1.165) is 0 Å². The average molecular weight is 214 g/mol. The van der Waals surface area contributed by atoms with Gasteiger partial charge in [-0.05, 0) is 0 Å². The second-order valence-corrected chi connectivity index (χ2v) is 0. The largest absolute Gasteiger partial charge is 0 e. The Bertz CT molecular complexity index is 8.00. The Morgan fingerprint density at radius 3 is 1.25 bits per heavy atom. The molecule has 0 aliphatic heterocycles. The van der Waals surface area contributed by atoms with Crippen molar-refractivity contribution in [2.45, 2.75) is 0 Å². The van der Waals surface area contributed by atoms with Crippen molar-refractivity contribution < 1.29 is 22.5 Å². The molecule has 0 atom stereocenters. The molecular formula is BOSbZn. The molecule has 0 saturated heterocycles. The Hall–Kier alpha value is 1.31. The summed E-state index contributed by atoms with van der Waals surface area (Å²) in [5.74, 6) is 0. The summed E-state index contributed by atoms with van der Waals surface area (Å²) in [4.78, 5) is 0. The van der Waals surface area contributed by atoms with Crippen LogP contribution in [0.15, 0.2) is 0 Å². The van der Waals surface area contributed by atoms with Crippen LogP contribution in [0.5, 0.6) is 0 Å². The van der Waals surface area contributed by atoms with Crippen molar-refractivity contribution in [2.75, 3.05) is 0 Å². The van der Waals surface area contributed by atoms with Crippen molar-refractivity contribution in [3.8, 4) is 0 Å². The molecule has 0 aromatic rings. The SMILES string of the molecule is [B].[O]=[Sb].[Zn]. The van der Waals surface area contributed by atoms with Crippen molar-refractivity contribution in [2.24, 2.45) is 0 Å². The van der Waals surface area contributed by atoms with Crippen LogP contribution in [0.25, 0.3) is 0 Å².